The molecule has 134 valence electrons. The predicted octanol–water partition coefficient (Wildman–Crippen LogP) is 5.57. The molecule has 1 aromatic rings. The van der Waals surface area contributed by atoms with Crippen molar-refractivity contribution in [3.8, 4) is 0 Å². The van der Waals surface area contributed by atoms with Gasteiger partial charge in [0.2, 0.25) is 5.66 Å². The summed E-state index contributed by atoms with van der Waals surface area (Å²) < 4.78 is 5.05. The Morgan fingerprint density at radius 2 is 1.96 bits per heavy atom. The van der Waals surface area contributed by atoms with Crippen LogP contribution in [0.5, 0.6) is 0 Å². The van der Waals surface area contributed by atoms with Crippen LogP contribution < -0.4 is 0 Å². The summed E-state index contributed by atoms with van der Waals surface area (Å²) in [5, 5.41) is 15.7. The first-order valence-corrected chi connectivity index (χ1v) is 9.13. The van der Waals surface area contributed by atoms with Crippen LogP contribution in [0, 0.1) is 5.92 Å². The van der Waals surface area contributed by atoms with E-state index in [9.17, 15) is 4.79 Å². The first-order chi connectivity index (χ1) is 12.0. The van der Waals surface area contributed by atoms with Crippen molar-refractivity contribution in [3.63, 3.8) is 0 Å². The molecule has 1 unspecified atom stereocenters. The van der Waals surface area contributed by atoms with E-state index in [0.717, 1.165) is 17.5 Å². The Labute approximate surface area is 152 Å². The van der Waals surface area contributed by atoms with Crippen LogP contribution in [-0.2, 0) is 15.2 Å². The summed E-state index contributed by atoms with van der Waals surface area (Å²) in [7, 11) is 1.44. The number of methoxy groups -OCH3 is 1. The Morgan fingerprint density at radius 1 is 1.28 bits per heavy atom. The van der Waals surface area contributed by atoms with Gasteiger partial charge in [-0.25, -0.2) is 0 Å². The Bertz CT molecular complexity index is 686. The molecular formula is C18H23ClN4O2. The zero-order valence-electron chi connectivity index (χ0n) is 14.6. The maximum absolute atomic E-state index is 12.4. The fourth-order valence-corrected chi connectivity index (χ4v) is 4.11. The molecule has 3 rings (SSSR count). The van der Waals surface area contributed by atoms with E-state index in [-0.39, 0.29) is 11.9 Å². The van der Waals surface area contributed by atoms with E-state index in [1.807, 2.05) is 18.2 Å². The summed E-state index contributed by atoms with van der Waals surface area (Å²) in [6, 6.07) is 5.61. The minimum absolute atomic E-state index is 0.208. The molecular weight excluding hydrogens is 340 g/mol. The summed E-state index contributed by atoms with van der Waals surface area (Å²) in [4.78, 5) is 12.4. The molecule has 2 aliphatic rings. The van der Waals surface area contributed by atoms with Crippen LogP contribution in [0.15, 0.2) is 38.9 Å². The molecule has 7 heteroatoms. The SMILES string of the molecule is COC(=O)C(CC1CCCCC1)c1ccc(C2(C)N=NN=N2)c(Cl)c1. The summed E-state index contributed by atoms with van der Waals surface area (Å²) >= 11 is 6.48. The molecule has 1 aliphatic carbocycles. The largest absolute Gasteiger partial charge is 0.469 e. The number of rotatable bonds is 5. The molecule has 1 heterocycles. The number of hydrogen-bond acceptors (Lipinski definition) is 6. The van der Waals surface area contributed by atoms with Gasteiger partial charge in [0.05, 0.1) is 13.0 Å². The smallest absolute Gasteiger partial charge is 0.313 e. The average molecular weight is 363 g/mol. The third kappa shape index (κ3) is 3.89. The highest BCUT2D eigenvalue weighted by molar-refractivity contribution is 6.31. The molecule has 25 heavy (non-hydrogen) atoms. The van der Waals surface area contributed by atoms with Crippen LogP contribution in [0.25, 0.3) is 0 Å². The van der Waals surface area contributed by atoms with Crippen LogP contribution in [0.1, 0.15) is 62.5 Å². The molecule has 0 aromatic heterocycles. The van der Waals surface area contributed by atoms with Gasteiger partial charge >= 0.3 is 5.97 Å². The van der Waals surface area contributed by atoms with E-state index in [4.69, 9.17) is 16.3 Å². The van der Waals surface area contributed by atoms with Crippen LogP contribution >= 0.6 is 11.6 Å². The lowest BCUT2D eigenvalue weighted by Gasteiger charge is -2.26. The maximum atomic E-state index is 12.4. The molecule has 0 bridgehead atoms. The molecule has 1 saturated carbocycles. The first-order valence-electron chi connectivity index (χ1n) is 8.75. The normalized spacial score (nSPS) is 20.6. The molecule has 1 fully saturated rings. The number of esters is 1. The highest BCUT2D eigenvalue weighted by Gasteiger charge is 2.33. The molecule has 1 aromatic carbocycles. The minimum Gasteiger partial charge on any atom is -0.469 e. The van der Waals surface area contributed by atoms with Crippen LogP contribution in [-0.4, -0.2) is 13.1 Å². The van der Waals surface area contributed by atoms with Gasteiger partial charge in [0, 0.05) is 10.6 Å². The lowest BCUT2D eigenvalue weighted by molar-refractivity contribution is -0.143. The Balaban J connectivity index is 1.85. The second-order valence-electron chi connectivity index (χ2n) is 6.95. The first kappa shape index (κ1) is 18.0. The van der Waals surface area contributed by atoms with Gasteiger partial charge in [-0.3, -0.25) is 4.79 Å². The fourth-order valence-electron chi connectivity index (χ4n) is 3.74. The second-order valence-corrected chi connectivity index (χ2v) is 7.36. The molecule has 0 spiro atoms. The van der Waals surface area contributed by atoms with Crippen molar-refractivity contribution >= 4 is 17.6 Å². The van der Waals surface area contributed by atoms with Gasteiger partial charge in [-0.15, -0.1) is 10.2 Å². The highest BCUT2D eigenvalue weighted by atomic mass is 35.5. The van der Waals surface area contributed by atoms with Gasteiger partial charge in [-0.2, -0.15) is 0 Å². The van der Waals surface area contributed by atoms with E-state index >= 15 is 0 Å². The lowest BCUT2D eigenvalue weighted by Crippen LogP contribution is -2.20. The maximum Gasteiger partial charge on any atom is 0.313 e. The second kappa shape index (κ2) is 7.60. The Kier molecular flexibility index (Phi) is 5.47. The quantitative estimate of drug-likeness (QED) is 0.641. The summed E-state index contributed by atoms with van der Waals surface area (Å²) in [6.45, 7) is 1.80. The molecule has 0 saturated heterocycles. The van der Waals surface area contributed by atoms with Crippen LogP contribution in [0.2, 0.25) is 5.02 Å². The van der Waals surface area contributed by atoms with Gasteiger partial charge in [0.1, 0.15) is 0 Å². The van der Waals surface area contributed by atoms with Crippen LogP contribution in [0.3, 0.4) is 0 Å². The molecule has 6 nitrogen and oxygen atoms in total. The van der Waals surface area contributed by atoms with Crippen molar-refractivity contribution in [1.29, 1.82) is 0 Å². The number of carbonyl (C=O) groups is 1. The number of carbonyl (C=O) groups excluding carboxylic acids is 1. The van der Waals surface area contributed by atoms with E-state index in [0.29, 0.717) is 10.9 Å². The van der Waals surface area contributed by atoms with Crippen molar-refractivity contribution in [2.24, 2.45) is 26.6 Å². The van der Waals surface area contributed by atoms with Gasteiger partial charge in [-0.1, -0.05) is 55.8 Å². The third-order valence-corrected chi connectivity index (χ3v) is 5.52. The molecule has 0 N–H and O–H groups in total. The van der Waals surface area contributed by atoms with Gasteiger partial charge in [-0.05, 0) is 41.3 Å². The van der Waals surface area contributed by atoms with Gasteiger partial charge < -0.3 is 4.74 Å². The van der Waals surface area contributed by atoms with E-state index < -0.39 is 5.66 Å². The Morgan fingerprint density at radius 3 is 2.56 bits per heavy atom. The summed E-state index contributed by atoms with van der Waals surface area (Å²) in [6.07, 6.45) is 6.94. The monoisotopic (exact) mass is 362 g/mol. The number of ether oxygens (including phenoxy) is 1. The van der Waals surface area contributed by atoms with E-state index in [1.54, 1.807) is 6.92 Å². The van der Waals surface area contributed by atoms with Crippen molar-refractivity contribution in [3.05, 3.63) is 34.3 Å². The highest BCUT2D eigenvalue weighted by Crippen LogP contribution is 2.39. The molecule has 1 atom stereocenters. The van der Waals surface area contributed by atoms with E-state index in [2.05, 4.69) is 20.7 Å². The Hall–Kier alpha value is -1.82. The van der Waals surface area contributed by atoms with Gasteiger partial charge in [0.25, 0.3) is 0 Å². The lowest BCUT2D eigenvalue weighted by atomic mass is 9.80. The van der Waals surface area contributed by atoms with Crippen molar-refractivity contribution < 1.29 is 9.53 Å². The summed E-state index contributed by atoms with van der Waals surface area (Å²) in [5.74, 6) is 0.0615. The average Bonchev–Trinajstić information content (AvgIpc) is 3.07. The molecule has 0 amide bonds. The van der Waals surface area contributed by atoms with Crippen molar-refractivity contribution in [2.45, 2.75) is 57.0 Å². The zero-order valence-corrected chi connectivity index (χ0v) is 15.4. The predicted molar refractivity (Wildman–Crippen MR) is 94.5 cm³/mol. The minimum atomic E-state index is -0.889. The zero-order chi connectivity index (χ0) is 17.9. The number of hydrogen-bond donors (Lipinski definition) is 0. The third-order valence-electron chi connectivity index (χ3n) is 5.20. The topological polar surface area (TPSA) is 75.7 Å². The number of nitrogens with zero attached hydrogens (tertiary/aromatic N) is 4. The molecule has 1 aliphatic heterocycles. The summed E-state index contributed by atoms with van der Waals surface area (Å²) in [5.41, 5.74) is 0.713. The molecule has 0 radical (unpaired) electrons. The van der Waals surface area contributed by atoms with Crippen molar-refractivity contribution in [1.82, 2.24) is 0 Å². The van der Waals surface area contributed by atoms with Crippen LogP contribution in [0.4, 0.5) is 0 Å². The number of halogens is 1. The van der Waals surface area contributed by atoms with E-state index in [1.165, 1.54) is 39.2 Å². The number of benzene rings is 1. The van der Waals surface area contributed by atoms with Gasteiger partial charge in [0.15, 0.2) is 0 Å². The fraction of sp³-hybridized carbons (Fsp3) is 0.611. The standard InChI is InChI=1S/C18H23ClN4O2/c1-18(20-22-23-21-18)15-9-8-13(11-16(15)19)14(17(24)25-2)10-12-6-4-3-5-7-12/h8-9,11-12,14H,3-7,10H2,1-2H3. The van der Waals surface area contributed by atoms with Crippen molar-refractivity contribution in [2.75, 3.05) is 7.11 Å².